The third-order valence-corrected chi connectivity index (χ3v) is 5.45. The summed E-state index contributed by atoms with van der Waals surface area (Å²) in [7, 11) is 2.14. The van der Waals surface area contributed by atoms with Crippen molar-refractivity contribution in [1.29, 1.82) is 0 Å². The van der Waals surface area contributed by atoms with Gasteiger partial charge >= 0.3 is 0 Å². The fourth-order valence-electron chi connectivity index (χ4n) is 3.80. The van der Waals surface area contributed by atoms with Crippen LogP contribution in [0.2, 0.25) is 0 Å². The molecular formula is C24H20BO3. The van der Waals surface area contributed by atoms with Crippen LogP contribution in [0.5, 0.6) is 11.5 Å². The summed E-state index contributed by atoms with van der Waals surface area (Å²) in [5.74, 6) is 1.59. The molecule has 3 nitrogen and oxygen atoms in total. The summed E-state index contributed by atoms with van der Waals surface area (Å²) >= 11 is 0. The van der Waals surface area contributed by atoms with Gasteiger partial charge in [-0.2, -0.15) is 0 Å². The van der Waals surface area contributed by atoms with E-state index >= 15 is 0 Å². The lowest BCUT2D eigenvalue weighted by Crippen LogP contribution is -2.37. The molecule has 1 radical (unpaired) electrons. The van der Waals surface area contributed by atoms with E-state index in [1.54, 1.807) is 38.2 Å². The molecule has 2 aromatic carbocycles. The summed E-state index contributed by atoms with van der Waals surface area (Å²) in [5.41, 5.74) is 4.15. The van der Waals surface area contributed by atoms with Crippen LogP contribution in [-0.2, 0) is 0 Å². The summed E-state index contributed by atoms with van der Waals surface area (Å²) in [4.78, 5) is 0. The van der Waals surface area contributed by atoms with E-state index in [-0.39, 0.29) is 0 Å². The molecule has 1 heterocycles. The number of ether oxygens (including phenoxy) is 1. The molecule has 0 aromatic heterocycles. The monoisotopic (exact) mass is 367 g/mol. The van der Waals surface area contributed by atoms with Crippen LogP contribution in [0.3, 0.4) is 0 Å². The topological polar surface area (TPSA) is 49.7 Å². The van der Waals surface area contributed by atoms with Gasteiger partial charge in [-0.1, -0.05) is 36.4 Å². The van der Waals surface area contributed by atoms with Crippen molar-refractivity contribution in [1.82, 2.24) is 0 Å². The van der Waals surface area contributed by atoms with Gasteiger partial charge in [-0.05, 0) is 83.5 Å². The Morgan fingerprint density at radius 2 is 1.11 bits per heavy atom. The molecule has 5 rings (SSSR count). The van der Waals surface area contributed by atoms with Gasteiger partial charge in [-0.25, -0.2) is 0 Å². The Kier molecular flexibility index (Phi) is 3.61. The van der Waals surface area contributed by atoms with Crippen LogP contribution in [-0.4, -0.2) is 28.7 Å². The van der Waals surface area contributed by atoms with Crippen LogP contribution in [0.25, 0.3) is 24.3 Å². The van der Waals surface area contributed by atoms with Crippen molar-refractivity contribution in [3.63, 3.8) is 0 Å². The third-order valence-electron chi connectivity index (χ3n) is 5.45. The van der Waals surface area contributed by atoms with Gasteiger partial charge in [0, 0.05) is 0 Å². The molecule has 2 atom stereocenters. The van der Waals surface area contributed by atoms with Crippen molar-refractivity contribution in [2.75, 3.05) is 0 Å². The summed E-state index contributed by atoms with van der Waals surface area (Å²) in [5, 5.41) is 20.7. The molecule has 0 spiro atoms. The van der Waals surface area contributed by atoms with Gasteiger partial charge in [0.05, 0.1) is 11.2 Å². The molecule has 0 bridgehead atoms. The Balaban J connectivity index is 1.66. The standard InChI is InChI=1S/C24H20BO3/c1-23(26)11-7-15-3-5-19-21(17(15)9-13-23)25-22-18-10-14-24(2,27)12-8-16(18)4-6-20(22)28-19/h3-14,26-27H,1-2H3. The maximum atomic E-state index is 10.4. The average molecular weight is 367 g/mol. The highest BCUT2D eigenvalue weighted by atomic mass is 16.5. The van der Waals surface area contributed by atoms with Crippen molar-refractivity contribution in [3.8, 4) is 11.5 Å². The van der Waals surface area contributed by atoms with E-state index in [9.17, 15) is 10.2 Å². The first-order chi connectivity index (χ1) is 13.3. The molecule has 0 saturated carbocycles. The van der Waals surface area contributed by atoms with Gasteiger partial charge in [-0.3, -0.25) is 0 Å². The predicted octanol–water partition coefficient (Wildman–Crippen LogP) is 3.03. The number of aliphatic hydroxyl groups is 2. The first-order valence-electron chi connectivity index (χ1n) is 9.40. The molecule has 2 unspecified atom stereocenters. The lowest BCUT2D eigenvalue weighted by atomic mass is 9.58. The van der Waals surface area contributed by atoms with Gasteiger partial charge in [0.1, 0.15) is 11.5 Å². The molecule has 1 aliphatic heterocycles. The third kappa shape index (κ3) is 2.86. The number of rotatable bonds is 0. The minimum absolute atomic E-state index is 0.797. The van der Waals surface area contributed by atoms with E-state index in [1.165, 1.54) is 0 Å². The second-order valence-corrected chi connectivity index (χ2v) is 7.99. The Morgan fingerprint density at radius 3 is 1.57 bits per heavy atom. The highest BCUT2D eigenvalue weighted by Crippen LogP contribution is 2.31. The summed E-state index contributed by atoms with van der Waals surface area (Å²) < 4.78 is 6.22. The second kappa shape index (κ2) is 5.84. The van der Waals surface area contributed by atoms with Crippen molar-refractivity contribution in [2.45, 2.75) is 25.0 Å². The number of hydrogen-bond donors (Lipinski definition) is 2. The lowest BCUT2D eigenvalue weighted by molar-refractivity contribution is 0.165. The van der Waals surface area contributed by atoms with E-state index in [0.29, 0.717) is 0 Å². The molecular weight excluding hydrogens is 347 g/mol. The second-order valence-electron chi connectivity index (χ2n) is 7.99. The molecule has 137 valence electrons. The van der Waals surface area contributed by atoms with Gasteiger partial charge < -0.3 is 14.9 Å². The molecule has 0 amide bonds. The highest BCUT2D eigenvalue weighted by Gasteiger charge is 2.27. The molecule has 3 aliphatic rings. The first-order valence-corrected chi connectivity index (χ1v) is 9.40. The smallest absolute Gasteiger partial charge is 0.203 e. The van der Waals surface area contributed by atoms with E-state index in [1.807, 2.05) is 48.6 Å². The molecule has 0 saturated heterocycles. The SMILES string of the molecule is CC1(O)C=Cc2ccc3c(c2C=C1)[B]c1c(ccc2c1C=CC(C)(O)C=C2)O3. The van der Waals surface area contributed by atoms with Crippen LogP contribution in [0, 0.1) is 0 Å². The van der Waals surface area contributed by atoms with Crippen molar-refractivity contribution >= 4 is 42.5 Å². The fourth-order valence-corrected chi connectivity index (χ4v) is 3.80. The van der Waals surface area contributed by atoms with Crippen LogP contribution in [0.15, 0.2) is 48.6 Å². The van der Waals surface area contributed by atoms with E-state index < -0.39 is 11.2 Å². The zero-order valence-corrected chi connectivity index (χ0v) is 15.8. The summed E-state index contributed by atoms with van der Waals surface area (Å²) in [6.45, 7) is 3.52. The molecule has 0 fully saturated rings. The average Bonchev–Trinajstić information content (AvgIpc) is 2.91. The van der Waals surface area contributed by atoms with E-state index in [2.05, 4.69) is 7.28 Å². The number of fused-ring (bicyclic) bond motifs is 6. The minimum Gasteiger partial charge on any atom is -0.458 e. The predicted molar refractivity (Wildman–Crippen MR) is 115 cm³/mol. The first kappa shape index (κ1) is 17.3. The quantitative estimate of drug-likeness (QED) is 0.601. The maximum Gasteiger partial charge on any atom is 0.203 e. The van der Waals surface area contributed by atoms with E-state index in [0.717, 1.165) is 44.7 Å². The molecule has 2 N–H and O–H groups in total. The summed E-state index contributed by atoms with van der Waals surface area (Å²) in [6, 6.07) is 7.97. The molecule has 28 heavy (non-hydrogen) atoms. The zero-order valence-electron chi connectivity index (χ0n) is 15.8. The van der Waals surface area contributed by atoms with Crippen LogP contribution >= 0.6 is 0 Å². The van der Waals surface area contributed by atoms with Gasteiger partial charge in [-0.15, -0.1) is 0 Å². The highest BCUT2D eigenvalue weighted by molar-refractivity contribution is 6.71. The van der Waals surface area contributed by atoms with Gasteiger partial charge in [0.2, 0.25) is 7.28 Å². The van der Waals surface area contributed by atoms with Gasteiger partial charge in [0.15, 0.2) is 0 Å². The van der Waals surface area contributed by atoms with Crippen molar-refractivity contribution in [2.24, 2.45) is 0 Å². The van der Waals surface area contributed by atoms with Gasteiger partial charge in [0.25, 0.3) is 0 Å². The van der Waals surface area contributed by atoms with Crippen molar-refractivity contribution < 1.29 is 14.9 Å². The minimum atomic E-state index is -0.977. The summed E-state index contributed by atoms with van der Waals surface area (Å²) in [6.07, 6.45) is 15.0. The Labute approximate surface area is 165 Å². The fraction of sp³-hybridized carbons (Fsp3) is 0.167. The molecule has 2 aliphatic carbocycles. The van der Waals surface area contributed by atoms with E-state index in [4.69, 9.17) is 4.74 Å². The van der Waals surface area contributed by atoms with Crippen LogP contribution < -0.4 is 15.7 Å². The Hall–Kier alpha value is -2.82. The number of benzene rings is 2. The maximum absolute atomic E-state index is 10.4. The Morgan fingerprint density at radius 1 is 0.679 bits per heavy atom. The molecule has 4 heteroatoms. The Bertz CT molecular complexity index is 1030. The van der Waals surface area contributed by atoms with Crippen LogP contribution in [0.1, 0.15) is 36.1 Å². The normalized spacial score (nSPS) is 26.1. The largest absolute Gasteiger partial charge is 0.458 e. The zero-order chi connectivity index (χ0) is 19.5. The molecule has 2 aromatic rings. The number of hydrogen-bond acceptors (Lipinski definition) is 3. The lowest BCUT2D eigenvalue weighted by Gasteiger charge is -2.24. The van der Waals surface area contributed by atoms with Crippen molar-refractivity contribution in [3.05, 3.63) is 70.8 Å². The van der Waals surface area contributed by atoms with Crippen LogP contribution in [0.4, 0.5) is 0 Å².